The monoisotopic (exact) mass is 816 g/mol. The third-order valence-corrected chi connectivity index (χ3v) is 13.5. The zero-order chi connectivity index (χ0) is 42.2. The van der Waals surface area contributed by atoms with Crippen molar-refractivity contribution in [2.24, 2.45) is 0 Å². The van der Waals surface area contributed by atoms with Crippen LogP contribution in [0.25, 0.3) is 60.9 Å². The molecule has 0 unspecified atom stereocenters. The van der Waals surface area contributed by atoms with E-state index in [1.807, 2.05) is 0 Å². The molecule has 1 spiro atoms. The number of nitrogens with zero attached hydrogens (tertiary/aromatic N) is 2. The Morgan fingerprint density at radius 3 is 1.62 bits per heavy atom. The Balaban J connectivity index is 1.10. The van der Waals surface area contributed by atoms with Gasteiger partial charge >= 0.3 is 0 Å². The lowest BCUT2D eigenvalue weighted by molar-refractivity contribution is 0.436. The summed E-state index contributed by atoms with van der Waals surface area (Å²) in [5, 5.41) is 2.45. The van der Waals surface area contributed by atoms with Crippen molar-refractivity contribution in [2.45, 2.75) is 5.41 Å². The zero-order valence-corrected chi connectivity index (χ0v) is 34.9. The molecule has 0 saturated carbocycles. The molecule has 1 aromatic heterocycles. The summed E-state index contributed by atoms with van der Waals surface area (Å²) >= 11 is 0. The Labute approximate surface area is 372 Å². The molecule has 2 heterocycles. The van der Waals surface area contributed by atoms with E-state index in [1.165, 1.54) is 60.8 Å². The van der Waals surface area contributed by atoms with Gasteiger partial charge in [0.15, 0.2) is 0 Å². The maximum absolute atomic E-state index is 6.77. The van der Waals surface area contributed by atoms with Crippen LogP contribution in [0.1, 0.15) is 22.3 Å². The molecule has 1 aliphatic heterocycles. The summed E-state index contributed by atoms with van der Waals surface area (Å²) in [6, 6.07) is 88.2. The molecule has 2 aliphatic rings. The first-order chi connectivity index (χ1) is 31.8. The van der Waals surface area contributed by atoms with Crippen LogP contribution in [-0.4, -0.2) is 4.57 Å². The van der Waals surface area contributed by atoms with Gasteiger partial charge < -0.3 is 14.2 Å². The maximum Gasteiger partial charge on any atom is 0.132 e. The van der Waals surface area contributed by atoms with Crippen LogP contribution >= 0.6 is 0 Å². The van der Waals surface area contributed by atoms with E-state index in [1.54, 1.807) is 0 Å². The SMILES string of the molecule is c1ccc(-c2ccc(N(c3ccc4c(c3)C3(c5ccccc5Oc5ccccc53)c3cccc(-c5ccccc5)c3-4)c3ccc4c5ccccc5n(-c5ccccc5)c4c3)cc2)cc1. The minimum Gasteiger partial charge on any atom is -0.457 e. The molecule has 0 saturated heterocycles. The van der Waals surface area contributed by atoms with Gasteiger partial charge in [-0.2, -0.15) is 0 Å². The van der Waals surface area contributed by atoms with E-state index >= 15 is 0 Å². The highest BCUT2D eigenvalue weighted by Gasteiger charge is 2.52. The van der Waals surface area contributed by atoms with Crippen LogP contribution in [0, 0.1) is 0 Å². The molecule has 0 amide bonds. The number of anilines is 3. The molecule has 0 N–H and O–H groups in total. The first-order valence-electron chi connectivity index (χ1n) is 22.0. The lowest BCUT2D eigenvalue weighted by atomic mass is 9.66. The number of hydrogen-bond donors (Lipinski definition) is 0. The summed E-state index contributed by atoms with van der Waals surface area (Å²) < 4.78 is 9.18. The van der Waals surface area contributed by atoms with E-state index in [4.69, 9.17) is 4.74 Å². The molecule has 300 valence electrons. The van der Waals surface area contributed by atoms with Crippen molar-refractivity contribution in [3.8, 4) is 50.6 Å². The molecule has 0 bridgehead atoms. The van der Waals surface area contributed by atoms with E-state index in [0.29, 0.717) is 0 Å². The van der Waals surface area contributed by atoms with Gasteiger partial charge in [0.1, 0.15) is 11.5 Å². The number of hydrogen-bond acceptors (Lipinski definition) is 2. The van der Waals surface area contributed by atoms with Gasteiger partial charge in [-0.1, -0.05) is 176 Å². The summed E-state index contributed by atoms with van der Waals surface area (Å²) in [6.45, 7) is 0. The fraction of sp³-hybridized carbons (Fsp3) is 0.0164. The van der Waals surface area contributed by atoms with E-state index in [9.17, 15) is 0 Å². The minimum atomic E-state index is -0.649. The second kappa shape index (κ2) is 14.3. The van der Waals surface area contributed by atoms with Crippen LogP contribution in [0.4, 0.5) is 17.1 Å². The van der Waals surface area contributed by atoms with Crippen molar-refractivity contribution in [3.63, 3.8) is 0 Å². The van der Waals surface area contributed by atoms with Crippen LogP contribution in [0.2, 0.25) is 0 Å². The molecule has 0 fully saturated rings. The second-order valence-electron chi connectivity index (χ2n) is 16.8. The molecule has 3 nitrogen and oxygen atoms in total. The highest BCUT2D eigenvalue weighted by molar-refractivity contribution is 6.10. The summed E-state index contributed by atoms with van der Waals surface area (Å²) in [4.78, 5) is 2.44. The van der Waals surface area contributed by atoms with Crippen molar-refractivity contribution in [1.82, 2.24) is 4.57 Å². The van der Waals surface area contributed by atoms with Gasteiger partial charge in [-0.15, -0.1) is 0 Å². The van der Waals surface area contributed by atoms with Gasteiger partial charge in [-0.3, -0.25) is 0 Å². The van der Waals surface area contributed by atoms with Crippen LogP contribution in [-0.2, 0) is 5.41 Å². The zero-order valence-electron chi connectivity index (χ0n) is 34.9. The highest BCUT2D eigenvalue weighted by Crippen LogP contribution is 2.64. The van der Waals surface area contributed by atoms with Crippen LogP contribution in [0.3, 0.4) is 0 Å². The Morgan fingerprint density at radius 1 is 0.344 bits per heavy atom. The predicted molar refractivity (Wildman–Crippen MR) is 264 cm³/mol. The first-order valence-corrected chi connectivity index (χ1v) is 22.0. The number of ether oxygens (including phenoxy) is 1. The second-order valence-corrected chi connectivity index (χ2v) is 16.8. The van der Waals surface area contributed by atoms with E-state index < -0.39 is 5.41 Å². The maximum atomic E-state index is 6.77. The lowest BCUT2D eigenvalue weighted by Gasteiger charge is -2.39. The predicted octanol–water partition coefficient (Wildman–Crippen LogP) is 16.1. The van der Waals surface area contributed by atoms with Crippen LogP contribution < -0.4 is 9.64 Å². The van der Waals surface area contributed by atoms with Gasteiger partial charge in [0.2, 0.25) is 0 Å². The number of aromatic nitrogens is 1. The van der Waals surface area contributed by atoms with E-state index in [-0.39, 0.29) is 0 Å². The number of benzene rings is 10. The standard InChI is InChI=1S/C61H40N2O/c1-4-17-41(18-5-1)42-31-33-45(34-32-42)62(47-35-37-50-49-23-10-13-28-56(49)63(57(50)40-47)44-21-8-3-9-22-44)46-36-38-51-55(39-46)61(54-27-16-24-48(60(51)54)43-19-6-2-7-20-43)52-25-11-14-29-58(52)64-59-30-15-12-26-53(59)61/h1-40H. The quantitative estimate of drug-likeness (QED) is 0.166. The summed E-state index contributed by atoms with van der Waals surface area (Å²) in [5.41, 5.74) is 18.1. The Hall–Kier alpha value is -8.40. The van der Waals surface area contributed by atoms with Crippen molar-refractivity contribution < 1.29 is 4.74 Å². The van der Waals surface area contributed by atoms with Gasteiger partial charge in [0, 0.05) is 44.6 Å². The molecular weight excluding hydrogens is 777 g/mol. The van der Waals surface area contributed by atoms with E-state index in [0.717, 1.165) is 50.9 Å². The number of para-hydroxylation sites is 4. The molecule has 1 aliphatic carbocycles. The molecule has 0 atom stereocenters. The van der Waals surface area contributed by atoms with Crippen molar-refractivity contribution in [1.29, 1.82) is 0 Å². The van der Waals surface area contributed by atoms with Crippen molar-refractivity contribution in [2.75, 3.05) is 4.90 Å². The summed E-state index contributed by atoms with van der Waals surface area (Å²) in [7, 11) is 0. The lowest BCUT2D eigenvalue weighted by Crippen LogP contribution is -2.32. The minimum absolute atomic E-state index is 0.649. The fourth-order valence-corrected chi connectivity index (χ4v) is 10.8. The first kappa shape index (κ1) is 36.3. The Morgan fingerprint density at radius 2 is 0.891 bits per heavy atom. The smallest absolute Gasteiger partial charge is 0.132 e. The molecule has 11 aromatic rings. The average Bonchev–Trinajstić information content (AvgIpc) is 3.85. The van der Waals surface area contributed by atoms with Gasteiger partial charge in [0.25, 0.3) is 0 Å². The third-order valence-electron chi connectivity index (χ3n) is 13.5. The van der Waals surface area contributed by atoms with Crippen LogP contribution in [0.15, 0.2) is 243 Å². The Bertz CT molecular complexity index is 3530. The molecule has 10 aromatic carbocycles. The van der Waals surface area contributed by atoms with Crippen LogP contribution in [0.5, 0.6) is 11.5 Å². The van der Waals surface area contributed by atoms with Gasteiger partial charge in [-0.05, 0) is 111 Å². The third kappa shape index (κ3) is 5.34. The summed E-state index contributed by atoms with van der Waals surface area (Å²) in [5.74, 6) is 1.76. The van der Waals surface area contributed by atoms with E-state index in [2.05, 4.69) is 252 Å². The number of fused-ring (bicyclic) bond motifs is 12. The molecule has 0 radical (unpaired) electrons. The number of rotatable bonds is 6. The molecule has 64 heavy (non-hydrogen) atoms. The van der Waals surface area contributed by atoms with Crippen molar-refractivity contribution in [3.05, 3.63) is 265 Å². The Kier molecular flexibility index (Phi) is 8.13. The average molecular weight is 817 g/mol. The highest BCUT2D eigenvalue weighted by atomic mass is 16.5. The molecule has 3 heteroatoms. The normalized spacial score (nSPS) is 12.9. The van der Waals surface area contributed by atoms with Gasteiger partial charge in [0.05, 0.1) is 16.4 Å². The van der Waals surface area contributed by atoms with Gasteiger partial charge in [-0.25, -0.2) is 0 Å². The molecule has 13 rings (SSSR count). The van der Waals surface area contributed by atoms with Crippen molar-refractivity contribution >= 4 is 38.9 Å². The summed E-state index contributed by atoms with van der Waals surface area (Å²) in [6.07, 6.45) is 0. The topological polar surface area (TPSA) is 17.4 Å². The largest absolute Gasteiger partial charge is 0.457 e. The fourth-order valence-electron chi connectivity index (χ4n) is 10.8. The molecular formula is C61H40N2O.